The van der Waals surface area contributed by atoms with E-state index in [0.29, 0.717) is 30.8 Å². The molecule has 0 amide bonds. The molecule has 2 aromatic rings. The number of benzene rings is 1. The third-order valence-electron chi connectivity index (χ3n) is 1.85. The van der Waals surface area contributed by atoms with Crippen LogP contribution in [0.5, 0.6) is 0 Å². The smallest absolute Gasteiger partial charge is 0.185 e. The van der Waals surface area contributed by atoms with E-state index in [9.17, 15) is 0 Å². The van der Waals surface area contributed by atoms with Crippen molar-refractivity contribution in [3.8, 4) is 11.3 Å². The lowest BCUT2D eigenvalue weighted by molar-refractivity contribution is 0.435. The number of aromatic nitrogens is 1. The summed E-state index contributed by atoms with van der Waals surface area (Å²) >= 11 is 14.1. The summed E-state index contributed by atoms with van der Waals surface area (Å²) in [6, 6.07) is 5.23. The van der Waals surface area contributed by atoms with Crippen LogP contribution in [0, 0.1) is 3.57 Å². The molecule has 0 atom stereocenters. The molecule has 2 N–H and O–H groups in total. The Balaban J connectivity index is 2.69. The molecule has 0 aliphatic rings. The maximum Gasteiger partial charge on any atom is 0.185 e. The summed E-state index contributed by atoms with van der Waals surface area (Å²) in [5.41, 5.74) is 6.20. The molecule has 2 rings (SSSR count). The minimum absolute atomic E-state index is 0.335. The molecule has 0 unspecified atom stereocenters. The molecule has 1 heterocycles. The summed E-state index contributed by atoms with van der Waals surface area (Å²) in [5.74, 6) is 0.838. The van der Waals surface area contributed by atoms with E-state index in [4.69, 9.17) is 33.5 Å². The highest BCUT2D eigenvalue weighted by Crippen LogP contribution is 2.38. The van der Waals surface area contributed by atoms with Gasteiger partial charge in [0.05, 0.1) is 15.6 Å². The Bertz CT molecular complexity index is 493. The summed E-state index contributed by atoms with van der Waals surface area (Å²) in [5, 5.41) is 4.67. The number of nitrogen functional groups attached to an aromatic ring is 1. The van der Waals surface area contributed by atoms with Gasteiger partial charge in [-0.05, 0) is 34.7 Å². The fraction of sp³-hybridized carbons (Fsp3) is 0. The molecule has 0 bridgehead atoms. The highest BCUT2D eigenvalue weighted by Gasteiger charge is 2.18. The second-order valence-corrected chi connectivity index (χ2v) is 4.70. The molecule has 0 aliphatic heterocycles. The first-order chi connectivity index (χ1) is 7.11. The Morgan fingerprint density at radius 2 is 1.87 bits per heavy atom. The molecular weight excluding hydrogens is 350 g/mol. The third kappa shape index (κ3) is 1.93. The predicted octanol–water partition coefficient (Wildman–Crippen LogP) is 3.84. The van der Waals surface area contributed by atoms with Crippen LogP contribution in [-0.4, -0.2) is 5.16 Å². The summed E-state index contributed by atoms with van der Waals surface area (Å²) in [6.45, 7) is 0. The molecule has 15 heavy (non-hydrogen) atoms. The second kappa shape index (κ2) is 4.19. The van der Waals surface area contributed by atoms with Crippen LogP contribution in [0.25, 0.3) is 11.3 Å². The molecule has 0 saturated heterocycles. The van der Waals surface area contributed by atoms with Crippen molar-refractivity contribution in [2.75, 3.05) is 5.73 Å². The number of hydrogen-bond acceptors (Lipinski definition) is 3. The first-order valence-electron chi connectivity index (χ1n) is 3.96. The Morgan fingerprint density at radius 3 is 2.33 bits per heavy atom. The van der Waals surface area contributed by atoms with Gasteiger partial charge in [0.25, 0.3) is 0 Å². The summed E-state index contributed by atoms with van der Waals surface area (Å²) in [7, 11) is 0. The van der Waals surface area contributed by atoms with E-state index in [0.717, 1.165) is 0 Å². The molecule has 6 heteroatoms. The van der Waals surface area contributed by atoms with Crippen LogP contribution < -0.4 is 5.73 Å². The number of anilines is 1. The number of halogens is 3. The largest absolute Gasteiger partial charge is 0.380 e. The zero-order valence-electron chi connectivity index (χ0n) is 7.30. The molecular formula is C9H5Cl2IN2O. The Labute approximate surface area is 110 Å². The molecule has 0 fully saturated rings. The highest BCUT2D eigenvalue weighted by atomic mass is 127. The van der Waals surface area contributed by atoms with Crippen molar-refractivity contribution in [1.29, 1.82) is 0 Å². The lowest BCUT2D eigenvalue weighted by Crippen LogP contribution is -1.87. The van der Waals surface area contributed by atoms with Crippen molar-refractivity contribution in [1.82, 2.24) is 5.16 Å². The van der Waals surface area contributed by atoms with E-state index in [2.05, 4.69) is 5.16 Å². The van der Waals surface area contributed by atoms with Gasteiger partial charge in [0, 0.05) is 0 Å². The SMILES string of the molecule is Nc1noc(-c2c(Cl)cccc2Cl)c1I. The average molecular weight is 355 g/mol. The van der Waals surface area contributed by atoms with Crippen molar-refractivity contribution in [2.45, 2.75) is 0 Å². The standard InChI is InChI=1S/C9H5Cl2IN2O/c10-4-2-1-3-5(11)6(4)8-7(12)9(13)14-15-8/h1-3H,(H2,13,14). The zero-order chi connectivity index (χ0) is 11.0. The van der Waals surface area contributed by atoms with Gasteiger partial charge in [0.15, 0.2) is 11.6 Å². The van der Waals surface area contributed by atoms with Gasteiger partial charge in [-0.3, -0.25) is 0 Å². The Kier molecular flexibility index (Phi) is 3.08. The van der Waals surface area contributed by atoms with E-state index in [1.54, 1.807) is 18.2 Å². The third-order valence-corrected chi connectivity index (χ3v) is 3.52. The molecule has 1 aromatic heterocycles. The summed E-state index contributed by atoms with van der Waals surface area (Å²) in [6.07, 6.45) is 0. The lowest BCUT2D eigenvalue weighted by atomic mass is 10.2. The fourth-order valence-corrected chi connectivity index (χ4v) is 2.20. The average Bonchev–Trinajstić information content (AvgIpc) is 2.49. The predicted molar refractivity (Wildman–Crippen MR) is 69.1 cm³/mol. The van der Waals surface area contributed by atoms with Gasteiger partial charge >= 0.3 is 0 Å². The maximum absolute atomic E-state index is 6.03. The lowest BCUT2D eigenvalue weighted by Gasteiger charge is -2.02. The van der Waals surface area contributed by atoms with Crippen molar-refractivity contribution in [2.24, 2.45) is 0 Å². The number of hydrogen-bond donors (Lipinski definition) is 1. The first kappa shape index (κ1) is 11.0. The van der Waals surface area contributed by atoms with Crippen molar-refractivity contribution in [3.63, 3.8) is 0 Å². The second-order valence-electron chi connectivity index (χ2n) is 2.81. The van der Waals surface area contributed by atoms with E-state index in [1.807, 2.05) is 22.6 Å². The van der Waals surface area contributed by atoms with E-state index < -0.39 is 0 Å². The topological polar surface area (TPSA) is 52.0 Å². The van der Waals surface area contributed by atoms with E-state index in [-0.39, 0.29) is 0 Å². The molecule has 0 radical (unpaired) electrons. The zero-order valence-corrected chi connectivity index (χ0v) is 11.0. The van der Waals surface area contributed by atoms with Gasteiger partial charge in [-0.1, -0.05) is 34.4 Å². The van der Waals surface area contributed by atoms with Crippen LogP contribution in [0.3, 0.4) is 0 Å². The van der Waals surface area contributed by atoms with E-state index >= 15 is 0 Å². The number of rotatable bonds is 1. The van der Waals surface area contributed by atoms with Crippen LogP contribution in [-0.2, 0) is 0 Å². The van der Waals surface area contributed by atoms with E-state index in [1.165, 1.54) is 0 Å². The fourth-order valence-electron chi connectivity index (χ4n) is 1.16. The van der Waals surface area contributed by atoms with Crippen LogP contribution >= 0.6 is 45.8 Å². The van der Waals surface area contributed by atoms with Gasteiger partial charge in [0.1, 0.15) is 3.57 Å². The molecule has 0 aliphatic carbocycles. The Morgan fingerprint density at radius 1 is 1.27 bits per heavy atom. The summed E-state index contributed by atoms with van der Waals surface area (Å²) < 4.78 is 5.80. The van der Waals surface area contributed by atoms with Crippen LogP contribution in [0.15, 0.2) is 22.7 Å². The quantitative estimate of drug-likeness (QED) is 0.791. The number of nitrogens with zero attached hydrogens (tertiary/aromatic N) is 1. The molecule has 78 valence electrons. The van der Waals surface area contributed by atoms with Crippen molar-refractivity contribution >= 4 is 51.6 Å². The number of nitrogens with two attached hydrogens (primary N) is 1. The molecule has 3 nitrogen and oxygen atoms in total. The van der Waals surface area contributed by atoms with Gasteiger partial charge < -0.3 is 10.3 Å². The normalized spacial score (nSPS) is 10.6. The Hall–Kier alpha value is -0.460. The molecule has 0 saturated carbocycles. The van der Waals surface area contributed by atoms with Gasteiger partial charge in [-0.15, -0.1) is 0 Å². The van der Waals surface area contributed by atoms with Crippen LogP contribution in [0.1, 0.15) is 0 Å². The van der Waals surface area contributed by atoms with Crippen LogP contribution in [0.2, 0.25) is 10.0 Å². The van der Waals surface area contributed by atoms with Crippen molar-refractivity contribution < 1.29 is 4.52 Å². The maximum atomic E-state index is 6.03. The minimum atomic E-state index is 0.335. The molecule has 1 aromatic carbocycles. The van der Waals surface area contributed by atoms with Gasteiger partial charge in [0.2, 0.25) is 0 Å². The summed E-state index contributed by atoms with van der Waals surface area (Å²) in [4.78, 5) is 0. The highest BCUT2D eigenvalue weighted by molar-refractivity contribution is 14.1. The molecule has 0 spiro atoms. The van der Waals surface area contributed by atoms with Crippen molar-refractivity contribution in [3.05, 3.63) is 31.8 Å². The van der Waals surface area contributed by atoms with Gasteiger partial charge in [-0.2, -0.15) is 0 Å². The van der Waals surface area contributed by atoms with Gasteiger partial charge in [-0.25, -0.2) is 0 Å². The minimum Gasteiger partial charge on any atom is -0.380 e. The first-order valence-corrected chi connectivity index (χ1v) is 5.79. The monoisotopic (exact) mass is 354 g/mol. The van der Waals surface area contributed by atoms with Crippen LogP contribution in [0.4, 0.5) is 5.82 Å².